The van der Waals surface area contributed by atoms with Gasteiger partial charge in [-0.15, -0.1) is 0 Å². The number of halogens is 1. The van der Waals surface area contributed by atoms with Crippen molar-refractivity contribution in [2.45, 2.75) is 33.2 Å². The number of hydrogen-bond donors (Lipinski definition) is 1. The quantitative estimate of drug-likeness (QED) is 0.852. The Kier molecular flexibility index (Phi) is 5.77. The molecule has 0 spiro atoms. The number of aryl methyl sites for hydroxylation is 2. The Bertz CT molecular complexity index is 731. The van der Waals surface area contributed by atoms with Crippen LogP contribution in [0.3, 0.4) is 0 Å². The van der Waals surface area contributed by atoms with Crippen LogP contribution in [0.15, 0.2) is 42.5 Å². The van der Waals surface area contributed by atoms with Gasteiger partial charge in [-0.05, 0) is 68.6 Å². The fourth-order valence-electron chi connectivity index (χ4n) is 3.48. The van der Waals surface area contributed by atoms with E-state index in [1.807, 2.05) is 50.2 Å². The average Bonchev–Trinajstić information content (AvgIpc) is 2.59. The van der Waals surface area contributed by atoms with Gasteiger partial charge in [-0.2, -0.15) is 0 Å². The van der Waals surface area contributed by atoms with Crippen LogP contribution in [0.4, 0.5) is 5.69 Å². The van der Waals surface area contributed by atoms with Crippen LogP contribution in [-0.4, -0.2) is 23.9 Å². The highest BCUT2D eigenvalue weighted by atomic mass is 35.5. The highest BCUT2D eigenvalue weighted by molar-refractivity contribution is 6.30. The van der Waals surface area contributed by atoms with E-state index in [1.165, 1.54) is 5.56 Å². The van der Waals surface area contributed by atoms with E-state index < -0.39 is 0 Å². The maximum atomic E-state index is 12.6. The number of rotatable bonds is 4. The molecule has 0 saturated carbocycles. The monoisotopic (exact) mass is 356 g/mol. The summed E-state index contributed by atoms with van der Waals surface area (Å²) < 4.78 is 0. The number of likely N-dealkylation sites (tertiary alicyclic amines) is 1. The molecule has 0 atom stereocenters. The molecule has 1 aliphatic rings. The van der Waals surface area contributed by atoms with Gasteiger partial charge in [0.15, 0.2) is 0 Å². The summed E-state index contributed by atoms with van der Waals surface area (Å²) in [5.41, 5.74) is 4.43. The van der Waals surface area contributed by atoms with Crippen molar-refractivity contribution in [1.29, 1.82) is 0 Å². The highest BCUT2D eigenvalue weighted by Gasteiger charge is 2.25. The summed E-state index contributed by atoms with van der Waals surface area (Å²) in [6.07, 6.45) is 1.80. The fourth-order valence-corrected chi connectivity index (χ4v) is 3.70. The lowest BCUT2D eigenvalue weighted by Gasteiger charge is -2.31. The second-order valence-electron chi connectivity index (χ2n) is 6.94. The summed E-state index contributed by atoms with van der Waals surface area (Å²) in [5.74, 6) is 0.245. The minimum atomic E-state index is 0.0922. The van der Waals surface area contributed by atoms with Gasteiger partial charge in [0.1, 0.15) is 0 Å². The molecule has 0 aromatic heterocycles. The van der Waals surface area contributed by atoms with E-state index in [0.29, 0.717) is 0 Å². The standard InChI is InChI=1S/C21H25ClN2O/c1-15-5-3-6-16(2)20(15)23-21(25)18-9-11-24(12-10-18)14-17-7-4-8-19(22)13-17/h3-8,13,18H,9-12,14H2,1-2H3,(H,23,25). The molecule has 1 N–H and O–H groups in total. The van der Waals surface area contributed by atoms with E-state index in [4.69, 9.17) is 11.6 Å². The van der Waals surface area contributed by atoms with Crippen molar-refractivity contribution in [3.63, 3.8) is 0 Å². The van der Waals surface area contributed by atoms with Crippen LogP contribution in [0.5, 0.6) is 0 Å². The second kappa shape index (κ2) is 8.03. The summed E-state index contributed by atoms with van der Waals surface area (Å²) in [5, 5.41) is 3.92. The van der Waals surface area contributed by atoms with Gasteiger partial charge in [0.25, 0.3) is 0 Å². The van der Waals surface area contributed by atoms with E-state index >= 15 is 0 Å². The zero-order chi connectivity index (χ0) is 17.8. The first-order chi connectivity index (χ1) is 12.0. The number of para-hydroxylation sites is 1. The zero-order valence-electron chi connectivity index (χ0n) is 14.9. The normalized spacial score (nSPS) is 16.0. The first-order valence-electron chi connectivity index (χ1n) is 8.87. The third-order valence-corrected chi connectivity index (χ3v) is 5.22. The van der Waals surface area contributed by atoms with E-state index in [9.17, 15) is 4.79 Å². The van der Waals surface area contributed by atoms with Crippen molar-refractivity contribution >= 4 is 23.2 Å². The minimum absolute atomic E-state index is 0.0922. The largest absolute Gasteiger partial charge is 0.325 e. The first kappa shape index (κ1) is 18.0. The summed E-state index contributed by atoms with van der Waals surface area (Å²) in [4.78, 5) is 15.0. The van der Waals surface area contributed by atoms with Crippen LogP contribution in [0.2, 0.25) is 5.02 Å². The lowest BCUT2D eigenvalue weighted by Crippen LogP contribution is -2.37. The average molecular weight is 357 g/mol. The molecule has 1 amide bonds. The van der Waals surface area contributed by atoms with Gasteiger partial charge in [-0.1, -0.05) is 41.9 Å². The van der Waals surface area contributed by atoms with E-state index in [0.717, 1.165) is 54.3 Å². The number of anilines is 1. The third kappa shape index (κ3) is 4.62. The van der Waals surface area contributed by atoms with Crippen LogP contribution >= 0.6 is 11.6 Å². The number of benzene rings is 2. The molecule has 0 aliphatic carbocycles. The third-order valence-electron chi connectivity index (χ3n) is 4.98. The molecular formula is C21H25ClN2O. The molecular weight excluding hydrogens is 332 g/mol. The van der Waals surface area contributed by atoms with Gasteiger partial charge in [0.2, 0.25) is 5.91 Å². The van der Waals surface area contributed by atoms with Crippen molar-refractivity contribution < 1.29 is 4.79 Å². The zero-order valence-corrected chi connectivity index (χ0v) is 15.6. The number of nitrogens with zero attached hydrogens (tertiary/aromatic N) is 1. The molecule has 3 nitrogen and oxygen atoms in total. The number of nitrogens with one attached hydrogen (secondary N) is 1. The Hall–Kier alpha value is -1.84. The van der Waals surface area contributed by atoms with Gasteiger partial charge in [0.05, 0.1) is 0 Å². The van der Waals surface area contributed by atoms with Crippen molar-refractivity contribution in [1.82, 2.24) is 4.90 Å². The van der Waals surface area contributed by atoms with Gasteiger partial charge in [-0.25, -0.2) is 0 Å². The predicted octanol–water partition coefficient (Wildman–Crippen LogP) is 4.81. The Morgan fingerprint density at radius 3 is 2.40 bits per heavy atom. The Balaban J connectivity index is 1.54. The molecule has 2 aromatic carbocycles. The van der Waals surface area contributed by atoms with Crippen LogP contribution in [0.1, 0.15) is 29.5 Å². The number of carbonyl (C=O) groups is 1. The first-order valence-corrected chi connectivity index (χ1v) is 9.24. The molecule has 1 aliphatic heterocycles. The van der Waals surface area contributed by atoms with Crippen LogP contribution < -0.4 is 5.32 Å². The van der Waals surface area contributed by atoms with Gasteiger partial charge >= 0.3 is 0 Å². The number of hydrogen-bond acceptors (Lipinski definition) is 2. The number of carbonyl (C=O) groups excluding carboxylic acids is 1. The van der Waals surface area contributed by atoms with Crippen molar-refractivity contribution in [3.05, 3.63) is 64.2 Å². The van der Waals surface area contributed by atoms with Crippen molar-refractivity contribution in [2.75, 3.05) is 18.4 Å². The Labute approximate surface area is 155 Å². The molecule has 0 unspecified atom stereocenters. The van der Waals surface area contributed by atoms with Crippen LogP contribution in [-0.2, 0) is 11.3 Å². The second-order valence-corrected chi connectivity index (χ2v) is 7.37. The summed E-state index contributed by atoms with van der Waals surface area (Å²) in [7, 11) is 0. The smallest absolute Gasteiger partial charge is 0.227 e. The molecule has 1 heterocycles. The highest BCUT2D eigenvalue weighted by Crippen LogP contribution is 2.24. The SMILES string of the molecule is Cc1cccc(C)c1NC(=O)C1CCN(Cc2cccc(Cl)c2)CC1. The molecule has 25 heavy (non-hydrogen) atoms. The molecule has 1 fully saturated rings. The van der Waals surface area contributed by atoms with E-state index in [2.05, 4.69) is 16.3 Å². The lowest BCUT2D eigenvalue weighted by molar-refractivity contribution is -0.121. The number of amides is 1. The summed E-state index contributed by atoms with van der Waals surface area (Å²) >= 11 is 6.06. The minimum Gasteiger partial charge on any atom is -0.325 e. The molecule has 3 rings (SSSR count). The lowest BCUT2D eigenvalue weighted by atomic mass is 9.95. The Morgan fingerprint density at radius 2 is 1.76 bits per heavy atom. The van der Waals surface area contributed by atoms with Gasteiger partial charge in [0, 0.05) is 23.2 Å². The van der Waals surface area contributed by atoms with Crippen molar-refractivity contribution in [2.24, 2.45) is 5.92 Å². The molecule has 0 radical (unpaired) electrons. The van der Waals surface area contributed by atoms with Crippen LogP contribution in [0, 0.1) is 19.8 Å². The topological polar surface area (TPSA) is 32.3 Å². The van der Waals surface area contributed by atoms with Crippen LogP contribution in [0.25, 0.3) is 0 Å². The van der Waals surface area contributed by atoms with Gasteiger partial charge < -0.3 is 5.32 Å². The van der Waals surface area contributed by atoms with E-state index in [1.54, 1.807) is 0 Å². The fraction of sp³-hybridized carbons (Fsp3) is 0.381. The maximum Gasteiger partial charge on any atom is 0.227 e. The maximum absolute atomic E-state index is 12.6. The predicted molar refractivity (Wildman–Crippen MR) is 104 cm³/mol. The van der Waals surface area contributed by atoms with Crippen molar-refractivity contribution in [3.8, 4) is 0 Å². The molecule has 132 valence electrons. The summed E-state index contributed by atoms with van der Waals surface area (Å²) in [6.45, 7) is 6.85. The van der Waals surface area contributed by atoms with E-state index in [-0.39, 0.29) is 11.8 Å². The number of piperidine rings is 1. The molecule has 0 bridgehead atoms. The summed E-state index contributed by atoms with van der Waals surface area (Å²) in [6, 6.07) is 14.1. The Morgan fingerprint density at radius 1 is 1.12 bits per heavy atom. The molecule has 1 saturated heterocycles. The molecule has 4 heteroatoms. The molecule has 2 aromatic rings. The van der Waals surface area contributed by atoms with Gasteiger partial charge in [-0.3, -0.25) is 9.69 Å².